The molecule has 0 bridgehead atoms. The van der Waals surface area contributed by atoms with Gasteiger partial charge < -0.3 is 10.6 Å². The lowest BCUT2D eigenvalue weighted by molar-refractivity contribution is 0.0946. The van der Waals surface area contributed by atoms with Crippen molar-refractivity contribution in [2.75, 3.05) is 5.32 Å². The summed E-state index contributed by atoms with van der Waals surface area (Å²) in [6, 6.07) is 19.8. The van der Waals surface area contributed by atoms with Gasteiger partial charge in [-0.25, -0.2) is 0 Å². The molecule has 2 aromatic carbocycles. The predicted octanol–water partition coefficient (Wildman–Crippen LogP) is 4.37. The number of aromatic nitrogens is 1. The number of carbonyl (C=O) groups is 1. The number of benzene rings is 2. The molecule has 0 aliphatic rings. The Morgan fingerprint density at radius 3 is 2.48 bits per heavy atom. The van der Waals surface area contributed by atoms with Crippen molar-refractivity contribution in [1.82, 2.24) is 10.3 Å². The number of rotatable bonds is 5. The van der Waals surface area contributed by atoms with E-state index in [0.29, 0.717) is 12.2 Å². The Morgan fingerprint density at radius 2 is 1.72 bits per heavy atom. The van der Waals surface area contributed by atoms with Gasteiger partial charge in [-0.2, -0.15) is 0 Å². The average Bonchev–Trinajstić information content (AvgIpc) is 2.62. The number of carbonyl (C=O) groups excluding carboxylic acids is 1. The lowest BCUT2D eigenvalue weighted by atomic mass is 10.1. The minimum atomic E-state index is -0.186. The van der Waals surface area contributed by atoms with Gasteiger partial charge in [-0.05, 0) is 43.7 Å². The van der Waals surface area contributed by atoms with E-state index in [-0.39, 0.29) is 5.91 Å². The monoisotopic (exact) mass is 331 g/mol. The Labute approximate surface area is 147 Å². The Bertz CT molecular complexity index is 872. The summed E-state index contributed by atoms with van der Waals surface area (Å²) in [5.74, 6) is -0.186. The summed E-state index contributed by atoms with van der Waals surface area (Å²) in [5.41, 5.74) is 5.65. The third kappa shape index (κ3) is 4.67. The van der Waals surface area contributed by atoms with Crippen molar-refractivity contribution in [2.45, 2.75) is 20.4 Å². The van der Waals surface area contributed by atoms with Gasteiger partial charge in [0.25, 0.3) is 5.91 Å². The summed E-state index contributed by atoms with van der Waals surface area (Å²) in [6.07, 6.45) is 1.64. The van der Waals surface area contributed by atoms with Gasteiger partial charge in [0.2, 0.25) is 0 Å². The molecule has 0 atom stereocenters. The van der Waals surface area contributed by atoms with E-state index in [0.717, 1.165) is 16.9 Å². The molecule has 1 aromatic heterocycles. The molecule has 2 N–H and O–H groups in total. The Morgan fingerprint density at radius 1 is 0.920 bits per heavy atom. The molecule has 0 aliphatic heterocycles. The van der Waals surface area contributed by atoms with E-state index in [9.17, 15) is 4.79 Å². The lowest BCUT2D eigenvalue weighted by Gasteiger charge is -2.09. The van der Waals surface area contributed by atoms with E-state index in [1.165, 1.54) is 11.1 Å². The first-order valence-electron chi connectivity index (χ1n) is 8.24. The maximum absolute atomic E-state index is 12.4. The van der Waals surface area contributed by atoms with Gasteiger partial charge in [0.1, 0.15) is 5.69 Å². The molecule has 0 saturated heterocycles. The number of nitrogens with zero attached hydrogens (tertiary/aromatic N) is 1. The number of amides is 1. The smallest absolute Gasteiger partial charge is 0.270 e. The molecule has 0 spiro atoms. The number of hydrogen-bond acceptors (Lipinski definition) is 3. The molecule has 0 saturated carbocycles. The van der Waals surface area contributed by atoms with Gasteiger partial charge in [-0.15, -0.1) is 0 Å². The zero-order valence-corrected chi connectivity index (χ0v) is 14.4. The van der Waals surface area contributed by atoms with Crippen molar-refractivity contribution in [3.05, 3.63) is 89.2 Å². The second kappa shape index (κ2) is 7.62. The van der Waals surface area contributed by atoms with E-state index < -0.39 is 0 Å². The number of aryl methyl sites for hydroxylation is 2. The molecule has 25 heavy (non-hydrogen) atoms. The maximum Gasteiger partial charge on any atom is 0.270 e. The zero-order chi connectivity index (χ0) is 17.6. The van der Waals surface area contributed by atoms with Crippen LogP contribution in [0.3, 0.4) is 0 Å². The lowest BCUT2D eigenvalue weighted by Crippen LogP contribution is -2.23. The van der Waals surface area contributed by atoms with Crippen molar-refractivity contribution < 1.29 is 4.79 Å². The highest BCUT2D eigenvalue weighted by molar-refractivity contribution is 5.93. The van der Waals surface area contributed by atoms with Crippen molar-refractivity contribution in [1.29, 1.82) is 0 Å². The van der Waals surface area contributed by atoms with Gasteiger partial charge in [0.15, 0.2) is 0 Å². The second-order valence-electron chi connectivity index (χ2n) is 6.09. The topological polar surface area (TPSA) is 54.0 Å². The van der Waals surface area contributed by atoms with Crippen LogP contribution in [0.2, 0.25) is 0 Å². The largest absolute Gasteiger partial charge is 0.355 e. The number of anilines is 2. The SMILES string of the molecule is Cc1ccc(Nc2ccnc(C(=O)NCc3cccc(C)c3)c2)cc1. The van der Waals surface area contributed by atoms with Crippen LogP contribution in [0.15, 0.2) is 66.9 Å². The highest BCUT2D eigenvalue weighted by Crippen LogP contribution is 2.17. The summed E-state index contributed by atoms with van der Waals surface area (Å²) in [5, 5.41) is 6.20. The molecule has 0 fully saturated rings. The molecule has 1 amide bonds. The fourth-order valence-electron chi connectivity index (χ4n) is 2.53. The van der Waals surface area contributed by atoms with Crippen LogP contribution in [0.25, 0.3) is 0 Å². The van der Waals surface area contributed by atoms with Crippen LogP contribution in [0, 0.1) is 13.8 Å². The molecular formula is C21H21N3O. The van der Waals surface area contributed by atoms with Gasteiger partial charge in [0, 0.05) is 24.1 Å². The van der Waals surface area contributed by atoms with Gasteiger partial charge >= 0.3 is 0 Å². The Kier molecular flexibility index (Phi) is 5.09. The molecule has 0 radical (unpaired) electrons. The van der Waals surface area contributed by atoms with E-state index in [1.54, 1.807) is 12.3 Å². The van der Waals surface area contributed by atoms with Gasteiger partial charge in [-0.1, -0.05) is 47.5 Å². The molecule has 4 nitrogen and oxygen atoms in total. The summed E-state index contributed by atoms with van der Waals surface area (Å²) < 4.78 is 0. The molecular weight excluding hydrogens is 310 g/mol. The second-order valence-corrected chi connectivity index (χ2v) is 6.09. The van der Waals surface area contributed by atoms with Crippen LogP contribution in [0.5, 0.6) is 0 Å². The fourth-order valence-corrected chi connectivity index (χ4v) is 2.53. The first-order valence-corrected chi connectivity index (χ1v) is 8.24. The number of nitrogens with one attached hydrogen (secondary N) is 2. The Hall–Kier alpha value is -3.14. The first kappa shape index (κ1) is 16.7. The normalized spacial score (nSPS) is 10.3. The molecule has 3 aromatic rings. The number of pyridine rings is 1. The van der Waals surface area contributed by atoms with Gasteiger partial charge in [-0.3, -0.25) is 9.78 Å². The van der Waals surface area contributed by atoms with Crippen LogP contribution >= 0.6 is 0 Å². The zero-order valence-electron chi connectivity index (χ0n) is 14.4. The summed E-state index contributed by atoms with van der Waals surface area (Å²) in [4.78, 5) is 16.5. The van der Waals surface area contributed by atoms with Crippen molar-refractivity contribution in [3.8, 4) is 0 Å². The highest BCUT2D eigenvalue weighted by Gasteiger charge is 2.08. The molecule has 1 heterocycles. The number of hydrogen-bond donors (Lipinski definition) is 2. The van der Waals surface area contributed by atoms with E-state index in [4.69, 9.17) is 0 Å². The third-order valence-corrected chi connectivity index (χ3v) is 3.87. The van der Waals surface area contributed by atoms with E-state index >= 15 is 0 Å². The van der Waals surface area contributed by atoms with Crippen LogP contribution < -0.4 is 10.6 Å². The minimum Gasteiger partial charge on any atom is -0.355 e. The van der Waals surface area contributed by atoms with Gasteiger partial charge in [0.05, 0.1) is 0 Å². The summed E-state index contributed by atoms with van der Waals surface area (Å²) in [7, 11) is 0. The fraction of sp³-hybridized carbons (Fsp3) is 0.143. The van der Waals surface area contributed by atoms with Crippen molar-refractivity contribution in [3.63, 3.8) is 0 Å². The maximum atomic E-state index is 12.4. The average molecular weight is 331 g/mol. The van der Waals surface area contributed by atoms with Crippen molar-refractivity contribution in [2.24, 2.45) is 0 Å². The summed E-state index contributed by atoms with van der Waals surface area (Å²) >= 11 is 0. The first-order chi connectivity index (χ1) is 12.1. The summed E-state index contributed by atoms with van der Waals surface area (Å²) in [6.45, 7) is 4.57. The Balaban J connectivity index is 1.65. The molecule has 0 aliphatic carbocycles. The standard InChI is InChI=1S/C21H21N3O/c1-15-6-8-18(9-7-15)24-19-10-11-22-20(13-19)21(25)23-14-17-5-3-4-16(2)12-17/h3-13H,14H2,1-2H3,(H,22,24)(H,23,25). The molecule has 0 unspecified atom stereocenters. The minimum absolute atomic E-state index is 0.186. The van der Waals surface area contributed by atoms with Crippen LogP contribution in [0.1, 0.15) is 27.2 Å². The van der Waals surface area contributed by atoms with Crippen LogP contribution in [-0.2, 0) is 6.54 Å². The highest BCUT2D eigenvalue weighted by atomic mass is 16.1. The predicted molar refractivity (Wildman–Crippen MR) is 101 cm³/mol. The molecule has 4 heteroatoms. The molecule has 3 rings (SSSR count). The van der Waals surface area contributed by atoms with E-state index in [2.05, 4.69) is 21.7 Å². The third-order valence-electron chi connectivity index (χ3n) is 3.87. The van der Waals surface area contributed by atoms with Crippen molar-refractivity contribution >= 4 is 17.3 Å². The quantitative estimate of drug-likeness (QED) is 0.730. The van der Waals surface area contributed by atoms with E-state index in [1.807, 2.05) is 62.4 Å². The van der Waals surface area contributed by atoms with Crippen LogP contribution in [-0.4, -0.2) is 10.9 Å². The van der Waals surface area contributed by atoms with Crippen LogP contribution in [0.4, 0.5) is 11.4 Å². The molecule has 126 valence electrons.